The third kappa shape index (κ3) is 4.46. The van der Waals surface area contributed by atoms with Gasteiger partial charge in [-0.05, 0) is 48.5 Å². The number of hydrogen-bond acceptors (Lipinski definition) is 4. The predicted molar refractivity (Wildman–Crippen MR) is 101 cm³/mol. The first kappa shape index (κ1) is 17.6. The minimum absolute atomic E-state index is 0.321. The molecule has 0 atom stereocenters. The van der Waals surface area contributed by atoms with Crippen molar-refractivity contribution in [2.24, 2.45) is 5.73 Å². The number of aromatic nitrogens is 1. The molecule has 2 amide bonds. The summed E-state index contributed by atoms with van der Waals surface area (Å²) in [6.07, 6.45) is 1.43. The van der Waals surface area contributed by atoms with Crippen LogP contribution in [0.15, 0.2) is 71.3 Å². The lowest BCUT2D eigenvalue weighted by molar-refractivity contribution is 0.0998. The van der Waals surface area contributed by atoms with Gasteiger partial charge in [0.15, 0.2) is 0 Å². The first-order chi connectivity index (χ1) is 12.5. The van der Waals surface area contributed by atoms with E-state index in [9.17, 15) is 9.59 Å². The van der Waals surface area contributed by atoms with Gasteiger partial charge < -0.3 is 15.8 Å². The molecule has 0 saturated carbocycles. The van der Waals surface area contributed by atoms with Crippen LogP contribution < -0.4 is 15.8 Å². The van der Waals surface area contributed by atoms with Crippen LogP contribution in [0.1, 0.15) is 20.7 Å². The van der Waals surface area contributed by atoms with Crippen molar-refractivity contribution in [1.29, 1.82) is 0 Å². The largest absolute Gasteiger partial charge is 0.439 e. The number of hydrogen-bond donors (Lipinski definition) is 2. The molecule has 0 radical (unpaired) electrons. The van der Waals surface area contributed by atoms with Crippen LogP contribution in [0.2, 0.25) is 0 Å². The number of primary amides is 1. The SMILES string of the molecule is NC(=O)c1ccc(NC(=O)c2ccc(Oc3cccc(Br)c3)nc2)cc1. The highest BCUT2D eigenvalue weighted by atomic mass is 79.9. The average Bonchev–Trinajstić information content (AvgIpc) is 2.63. The summed E-state index contributed by atoms with van der Waals surface area (Å²) in [6.45, 7) is 0. The van der Waals surface area contributed by atoms with Crippen LogP contribution in [0.4, 0.5) is 5.69 Å². The molecule has 0 saturated heterocycles. The van der Waals surface area contributed by atoms with Crippen LogP contribution in [0.3, 0.4) is 0 Å². The molecular formula is C19H14BrN3O3. The van der Waals surface area contributed by atoms with Crippen molar-refractivity contribution >= 4 is 33.4 Å². The number of pyridine rings is 1. The van der Waals surface area contributed by atoms with E-state index in [2.05, 4.69) is 26.2 Å². The van der Waals surface area contributed by atoms with Crippen molar-refractivity contribution in [3.05, 3.63) is 82.5 Å². The van der Waals surface area contributed by atoms with Gasteiger partial charge in [0.25, 0.3) is 5.91 Å². The predicted octanol–water partition coefficient (Wildman–Crippen LogP) is 3.99. The zero-order chi connectivity index (χ0) is 18.5. The number of halogens is 1. The van der Waals surface area contributed by atoms with Gasteiger partial charge in [0.2, 0.25) is 11.8 Å². The van der Waals surface area contributed by atoms with E-state index in [0.29, 0.717) is 28.4 Å². The lowest BCUT2D eigenvalue weighted by Crippen LogP contribution is -2.13. The normalized spacial score (nSPS) is 10.2. The molecule has 3 rings (SSSR count). The maximum atomic E-state index is 12.3. The molecule has 6 nitrogen and oxygen atoms in total. The summed E-state index contributed by atoms with van der Waals surface area (Å²) in [5, 5.41) is 2.72. The molecule has 0 aliphatic rings. The van der Waals surface area contributed by atoms with E-state index in [1.54, 1.807) is 36.4 Å². The summed E-state index contributed by atoms with van der Waals surface area (Å²) in [5.74, 6) is 0.176. The third-order valence-corrected chi connectivity index (χ3v) is 3.94. The molecule has 26 heavy (non-hydrogen) atoms. The lowest BCUT2D eigenvalue weighted by atomic mass is 10.2. The zero-order valence-corrected chi connectivity index (χ0v) is 15.1. The van der Waals surface area contributed by atoms with Crippen molar-refractivity contribution in [3.8, 4) is 11.6 Å². The molecule has 0 aliphatic carbocycles. The summed E-state index contributed by atoms with van der Waals surface area (Å²) in [7, 11) is 0. The summed E-state index contributed by atoms with van der Waals surface area (Å²) in [4.78, 5) is 27.5. The Labute approximate surface area is 158 Å². The Kier molecular flexibility index (Phi) is 5.28. The number of carbonyl (C=O) groups excluding carboxylic acids is 2. The first-order valence-electron chi connectivity index (χ1n) is 7.62. The standard InChI is InChI=1S/C19H14BrN3O3/c20-14-2-1-3-16(10-14)26-17-9-6-13(11-22-17)19(25)23-15-7-4-12(5-8-15)18(21)24/h1-11H,(H2,21,24)(H,23,25). The molecular weight excluding hydrogens is 398 g/mol. The topological polar surface area (TPSA) is 94.3 Å². The summed E-state index contributed by atoms with van der Waals surface area (Å²) in [6, 6.07) is 16.9. The quantitative estimate of drug-likeness (QED) is 0.663. The Balaban J connectivity index is 1.65. The molecule has 0 spiro atoms. The van der Waals surface area contributed by atoms with Crippen LogP contribution in [0, 0.1) is 0 Å². The number of rotatable bonds is 5. The van der Waals surface area contributed by atoms with E-state index >= 15 is 0 Å². The molecule has 130 valence electrons. The minimum Gasteiger partial charge on any atom is -0.439 e. The van der Waals surface area contributed by atoms with Crippen LogP contribution >= 0.6 is 15.9 Å². The first-order valence-corrected chi connectivity index (χ1v) is 8.41. The zero-order valence-electron chi connectivity index (χ0n) is 13.5. The molecule has 1 aromatic heterocycles. The Morgan fingerprint density at radius 2 is 1.73 bits per heavy atom. The molecule has 2 aromatic carbocycles. The highest BCUT2D eigenvalue weighted by Gasteiger charge is 2.08. The Morgan fingerprint density at radius 1 is 1.00 bits per heavy atom. The monoisotopic (exact) mass is 411 g/mol. The second kappa shape index (κ2) is 7.79. The molecule has 0 fully saturated rings. The van der Waals surface area contributed by atoms with Crippen molar-refractivity contribution in [3.63, 3.8) is 0 Å². The van der Waals surface area contributed by atoms with E-state index in [4.69, 9.17) is 10.5 Å². The average molecular weight is 412 g/mol. The highest BCUT2D eigenvalue weighted by molar-refractivity contribution is 9.10. The van der Waals surface area contributed by atoms with E-state index in [-0.39, 0.29) is 5.91 Å². The van der Waals surface area contributed by atoms with Gasteiger partial charge in [0.05, 0.1) is 5.56 Å². The van der Waals surface area contributed by atoms with Crippen molar-refractivity contribution in [2.45, 2.75) is 0 Å². The van der Waals surface area contributed by atoms with Gasteiger partial charge in [0, 0.05) is 28.0 Å². The number of nitrogens with two attached hydrogens (primary N) is 1. The lowest BCUT2D eigenvalue weighted by Gasteiger charge is -2.07. The maximum absolute atomic E-state index is 12.3. The highest BCUT2D eigenvalue weighted by Crippen LogP contribution is 2.23. The fourth-order valence-corrected chi connectivity index (χ4v) is 2.53. The summed E-state index contributed by atoms with van der Waals surface area (Å²) >= 11 is 3.37. The fraction of sp³-hybridized carbons (Fsp3) is 0. The molecule has 0 aliphatic heterocycles. The van der Waals surface area contributed by atoms with Gasteiger partial charge in [-0.2, -0.15) is 0 Å². The number of nitrogens with one attached hydrogen (secondary N) is 1. The van der Waals surface area contributed by atoms with E-state index < -0.39 is 5.91 Å². The number of nitrogens with zero attached hydrogens (tertiary/aromatic N) is 1. The van der Waals surface area contributed by atoms with Crippen LogP contribution in [0.5, 0.6) is 11.6 Å². The van der Waals surface area contributed by atoms with Crippen molar-refractivity contribution < 1.29 is 14.3 Å². The third-order valence-electron chi connectivity index (χ3n) is 3.44. The number of benzene rings is 2. The van der Waals surface area contributed by atoms with E-state index in [0.717, 1.165) is 4.47 Å². The van der Waals surface area contributed by atoms with E-state index in [1.807, 2.05) is 24.3 Å². The number of amides is 2. The van der Waals surface area contributed by atoms with Gasteiger partial charge in [-0.15, -0.1) is 0 Å². The minimum atomic E-state index is -0.520. The van der Waals surface area contributed by atoms with Gasteiger partial charge in [-0.1, -0.05) is 22.0 Å². The molecule has 3 aromatic rings. The summed E-state index contributed by atoms with van der Waals surface area (Å²) < 4.78 is 6.53. The Morgan fingerprint density at radius 3 is 2.35 bits per heavy atom. The van der Waals surface area contributed by atoms with Crippen molar-refractivity contribution in [2.75, 3.05) is 5.32 Å². The molecule has 1 heterocycles. The van der Waals surface area contributed by atoms with Crippen molar-refractivity contribution in [1.82, 2.24) is 4.98 Å². The fourth-order valence-electron chi connectivity index (χ4n) is 2.15. The summed E-state index contributed by atoms with van der Waals surface area (Å²) in [5.41, 5.74) is 6.49. The molecule has 7 heteroatoms. The smallest absolute Gasteiger partial charge is 0.257 e. The Hall–Kier alpha value is -3.19. The van der Waals surface area contributed by atoms with Gasteiger partial charge in [-0.3, -0.25) is 9.59 Å². The van der Waals surface area contributed by atoms with Gasteiger partial charge in [0.1, 0.15) is 5.75 Å². The van der Waals surface area contributed by atoms with Gasteiger partial charge >= 0.3 is 0 Å². The molecule has 3 N–H and O–H groups in total. The van der Waals surface area contributed by atoms with Crippen LogP contribution in [-0.2, 0) is 0 Å². The van der Waals surface area contributed by atoms with E-state index in [1.165, 1.54) is 6.20 Å². The second-order valence-electron chi connectivity index (χ2n) is 5.34. The number of ether oxygens (including phenoxy) is 1. The molecule has 0 bridgehead atoms. The van der Waals surface area contributed by atoms with Gasteiger partial charge in [-0.25, -0.2) is 4.98 Å². The van der Waals surface area contributed by atoms with Crippen LogP contribution in [0.25, 0.3) is 0 Å². The molecule has 0 unspecified atom stereocenters. The maximum Gasteiger partial charge on any atom is 0.257 e. The van der Waals surface area contributed by atoms with Crippen LogP contribution in [-0.4, -0.2) is 16.8 Å². The second-order valence-corrected chi connectivity index (χ2v) is 6.26. The number of anilines is 1. The number of carbonyl (C=O) groups is 2. The Bertz CT molecular complexity index is 941.